The van der Waals surface area contributed by atoms with E-state index < -0.39 is 0 Å². The van der Waals surface area contributed by atoms with E-state index in [0.717, 1.165) is 13.0 Å². The number of thiophene rings is 3. The van der Waals surface area contributed by atoms with Crippen LogP contribution in [0.4, 0.5) is 0 Å². The maximum absolute atomic E-state index is 5.60. The first kappa shape index (κ1) is 13.5. The summed E-state index contributed by atoms with van der Waals surface area (Å²) in [4.78, 5) is 6.70. The molecule has 3 heterocycles. The third-order valence-corrected chi connectivity index (χ3v) is 6.96. The Kier molecular flexibility index (Phi) is 4.19. The lowest BCUT2D eigenvalue weighted by Crippen LogP contribution is -2.00. The highest BCUT2D eigenvalue weighted by Crippen LogP contribution is 2.40. The molecule has 0 bridgehead atoms. The zero-order valence-corrected chi connectivity index (χ0v) is 14.1. The van der Waals surface area contributed by atoms with Crippen molar-refractivity contribution in [1.82, 2.24) is 0 Å². The number of hydrogen-bond acceptors (Lipinski definition) is 4. The fourth-order valence-corrected chi connectivity index (χ4v) is 5.43. The maximum Gasteiger partial charge on any atom is 0.0705 e. The van der Waals surface area contributed by atoms with Crippen molar-refractivity contribution in [3.8, 4) is 19.5 Å². The van der Waals surface area contributed by atoms with E-state index in [2.05, 4.69) is 52.3 Å². The Morgan fingerprint density at radius 1 is 0.789 bits per heavy atom. The highest BCUT2D eigenvalue weighted by molar-refractivity contribution is 9.11. The predicted octanol–water partition coefficient (Wildman–Crippen LogP) is 5.47. The molecule has 0 aliphatic rings. The smallest absolute Gasteiger partial charge is 0.0705 e. The molecule has 3 rings (SSSR count). The van der Waals surface area contributed by atoms with Crippen LogP contribution in [0.25, 0.3) is 19.5 Å². The first-order valence-corrected chi connectivity index (χ1v) is 9.15. The predicted molar refractivity (Wildman–Crippen MR) is 91.4 cm³/mol. The fourth-order valence-electron chi connectivity index (χ4n) is 1.84. The zero-order valence-electron chi connectivity index (χ0n) is 10.1. The van der Waals surface area contributed by atoms with E-state index in [1.165, 1.54) is 28.2 Å². The molecule has 19 heavy (non-hydrogen) atoms. The molecule has 0 amide bonds. The lowest BCUT2D eigenvalue weighted by Gasteiger charge is -1.91. The minimum atomic E-state index is 0.721. The summed E-state index contributed by atoms with van der Waals surface area (Å²) in [7, 11) is 0. The van der Waals surface area contributed by atoms with E-state index in [9.17, 15) is 0 Å². The Morgan fingerprint density at radius 3 is 2.00 bits per heavy atom. The second-order valence-electron chi connectivity index (χ2n) is 4.07. The summed E-state index contributed by atoms with van der Waals surface area (Å²) in [6, 6.07) is 13.1. The van der Waals surface area contributed by atoms with E-state index in [0.29, 0.717) is 0 Å². The molecule has 0 atom stereocenters. The molecule has 0 aliphatic carbocycles. The van der Waals surface area contributed by atoms with Gasteiger partial charge in [0.05, 0.1) is 3.79 Å². The molecule has 3 aromatic rings. The van der Waals surface area contributed by atoms with Crippen molar-refractivity contribution in [3.05, 3.63) is 45.1 Å². The molecule has 0 aliphatic heterocycles. The molecule has 3 aromatic heterocycles. The molecular formula is C14H12BrNS3. The van der Waals surface area contributed by atoms with Crippen molar-refractivity contribution in [2.45, 2.75) is 6.42 Å². The van der Waals surface area contributed by atoms with Crippen molar-refractivity contribution in [3.63, 3.8) is 0 Å². The van der Waals surface area contributed by atoms with Crippen molar-refractivity contribution in [2.24, 2.45) is 5.73 Å². The van der Waals surface area contributed by atoms with Crippen molar-refractivity contribution in [1.29, 1.82) is 0 Å². The van der Waals surface area contributed by atoms with Crippen LogP contribution in [0.15, 0.2) is 40.2 Å². The van der Waals surface area contributed by atoms with Gasteiger partial charge in [0.25, 0.3) is 0 Å². The van der Waals surface area contributed by atoms with Gasteiger partial charge < -0.3 is 5.73 Å². The lowest BCUT2D eigenvalue weighted by molar-refractivity contribution is 0.989. The summed E-state index contributed by atoms with van der Waals surface area (Å²) >= 11 is 8.99. The van der Waals surface area contributed by atoms with E-state index in [1.807, 2.05) is 22.7 Å². The second kappa shape index (κ2) is 5.89. The summed E-state index contributed by atoms with van der Waals surface area (Å²) in [6.07, 6.45) is 0.973. The number of halogens is 1. The largest absolute Gasteiger partial charge is 0.330 e. The number of rotatable bonds is 4. The van der Waals surface area contributed by atoms with Gasteiger partial charge in [-0.05, 0) is 65.3 Å². The molecule has 0 saturated carbocycles. The Bertz CT molecular complexity index is 680. The first-order valence-electron chi connectivity index (χ1n) is 5.91. The topological polar surface area (TPSA) is 26.0 Å². The molecule has 0 aromatic carbocycles. The molecule has 1 nitrogen and oxygen atoms in total. The molecule has 0 unspecified atom stereocenters. The van der Waals surface area contributed by atoms with Crippen LogP contribution in [-0.4, -0.2) is 6.54 Å². The van der Waals surface area contributed by atoms with Crippen LogP contribution in [-0.2, 0) is 6.42 Å². The van der Waals surface area contributed by atoms with Gasteiger partial charge in [0.1, 0.15) is 0 Å². The Balaban J connectivity index is 1.87. The van der Waals surface area contributed by atoms with Gasteiger partial charge in [-0.3, -0.25) is 0 Å². The maximum atomic E-state index is 5.60. The monoisotopic (exact) mass is 369 g/mol. The third-order valence-electron chi connectivity index (χ3n) is 2.72. The fraction of sp³-hybridized carbons (Fsp3) is 0.143. The van der Waals surface area contributed by atoms with Crippen LogP contribution in [0.1, 0.15) is 4.88 Å². The standard InChI is InChI=1S/C14H12BrNS3/c15-14-6-5-13(19-14)12-4-3-11(18-12)10-2-1-9(17-10)7-8-16/h1-6H,7-8,16H2. The van der Waals surface area contributed by atoms with Crippen LogP contribution in [0.2, 0.25) is 0 Å². The van der Waals surface area contributed by atoms with Gasteiger partial charge >= 0.3 is 0 Å². The molecule has 0 spiro atoms. The van der Waals surface area contributed by atoms with Gasteiger partial charge in [-0.2, -0.15) is 0 Å². The van der Waals surface area contributed by atoms with Crippen LogP contribution in [0.3, 0.4) is 0 Å². The Labute approximate surface area is 132 Å². The third kappa shape index (κ3) is 3.01. The number of nitrogens with two attached hydrogens (primary N) is 1. The van der Waals surface area contributed by atoms with E-state index in [-0.39, 0.29) is 0 Å². The van der Waals surface area contributed by atoms with Crippen LogP contribution < -0.4 is 5.73 Å². The van der Waals surface area contributed by atoms with Crippen LogP contribution >= 0.6 is 49.9 Å². The molecular weight excluding hydrogens is 358 g/mol. The van der Waals surface area contributed by atoms with Gasteiger partial charge in [-0.1, -0.05) is 0 Å². The average Bonchev–Trinajstić information content (AvgIpc) is 3.07. The van der Waals surface area contributed by atoms with E-state index >= 15 is 0 Å². The Morgan fingerprint density at radius 2 is 1.37 bits per heavy atom. The van der Waals surface area contributed by atoms with E-state index in [4.69, 9.17) is 5.73 Å². The van der Waals surface area contributed by atoms with Gasteiger partial charge in [-0.25, -0.2) is 0 Å². The zero-order chi connectivity index (χ0) is 13.2. The summed E-state index contributed by atoms with van der Waals surface area (Å²) < 4.78 is 1.18. The average molecular weight is 370 g/mol. The minimum Gasteiger partial charge on any atom is -0.330 e. The van der Waals surface area contributed by atoms with Gasteiger partial charge in [-0.15, -0.1) is 34.0 Å². The van der Waals surface area contributed by atoms with Crippen molar-refractivity contribution < 1.29 is 0 Å². The van der Waals surface area contributed by atoms with Gasteiger partial charge in [0.2, 0.25) is 0 Å². The summed E-state index contributed by atoms with van der Waals surface area (Å²) in [5.74, 6) is 0. The van der Waals surface area contributed by atoms with Gasteiger partial charge in [0.15, 0.2) is 0 Å². The summed E-state index contributed by atoms with van der Waals surface area (Å²) in [5.41, 5.74) is 5.60. The van der Waals surface area contributed by atoms with Crippen LogP contribution in [0.5, 0.6) is 0 Å². The quantitative estimate of drug-likeness (QED) is 0.648. The van der Waals surface area contributed by atoms with Gasteiger partial charge in [0, 0.05) is 24.4 Å². The first-order chi connectivity index (χ1) is 9.26. The van der Waals surface area contributed by atoms with Crippen LogP contribution in [0, 0.1) is 0 Å². The molecule has 0 fully saturated rings. The molecule has 2 N–H and O–H groups in total. The SMILES string of the molecule is NCCc1ccc(-c2ccc(-c3ccc(Br)s3)s2)s1. The molecule has 5 heteroatoms. The van der Waals surface area contributed by atoms with E-state index in [1.54, 1.807) is 11.3 Å². The highest BCUT2D eigenvalue weighted by Gasteiger charge is 2.08. The number of hydrogen-bond donors (Lipinski definition) is 1. The lowest BCUT2D eigenvalue weighted by atomic mass is 10.3. The molecule has 0 radical (unpaired) electrons. The minimum absolute atomic E-state index is 0.721. The molecule has 98 valence electrons. The summed E-state index contributed by atoms with van der Waals surface area (Å²) in [6.45, 7) is 0.721. The Hall–Kier alpha value is -0.460. The van der Waals surface area contributed by atoms with Crippen molar-refractivity contribution >= 4 is 49.9 Å². The normalized spacial score (nSPS) is 11.1. The molecule has 0 saturated heterocycles. The highest BCUT2D eigenvalue weighted by atomic mass is 79.9. The second-order valence-corrected chi connectivity index (χ2v) is 8.79. The van der Waals surface area contributed by atoms with Crippen molar-refractivity contribution in [2.75, 3.05) is 6.54 Å². The summed E-state index contributed by atoms with van der Waals surface area (Å²) in [5, 5.41) is 0.